The van der Waals surface area contributed by atoms with Gasteiger partial charge in [-0.2, -0.15) is 0 Å². The van der Waals surface area contributed by atoms with Crippen LogP contribution in [0.25, 0.3) is 0 Å². The number of hydrogen-bond acceptors (Lipinski definition) is 1. The molecule has 0 aromatic carbocycles. The Morgan fingerprint density at radius 2 is 1.94 bits per heavy atom. The molecule has 4 bridgehead atoms. The highest BCUT2D eigenvalue weighted by Gasteiger charge is 2.80. The fraction of sp³-hybridized carbons (Fsp3) is 0.867. The molecule has 0 aromatic heterocycles. The van der Waals surface area contributed by atoms with Gasteiger partial charge in [-0.15, -0.1) is 0 Å². The number of rotatable bonds is 4. The molecular weight excluding hydrogens is 196 g/mol. The first-order valence-electron chi connectivity index (χ1n) is 6.80. The van der Waals surface area contributed by atoms with E-state index >= 15 is 0 Å². The van der Waals surface area contributed by atoms with Crippen LogP contribution in [-0.2, 0) is 0 Å². The molecule has 4 rings (SSSR count). The number of aliphatic hydroxyl groups is 1. The molecule has 2 unspecified atom stereocenters. The summed E-state index contributed by atoms with van der Waals surface area (Å²) in [7, 11) is 0. The van der Waals surface area contributed by atoms with Crippen molar-refractivity contribution in [1.82, 2.24) is 0 Å². The fourth-order valence-corrected chi connectivity index (χ4v) is 5.19. The van der Waals surface area contributed by atoms with Crippen LogP contribution in [0.1, 0.15) is 46.5 Å². The van der Waals surface area contributed by atoms with E-state index in [0.29, 0.717) is 10.8 Å². The van der Waals surface area contributed by atoms with Gasteiger partial charge in [0.1, 0.15) is 0 Å². The Balaban J connectivity index is 1.68. The maximum atomic E-state index is 8.99. The zero-order valence-electron chi connectivity index (χ0n) is 10.8. The first-order chi connectivity index (χ1) is 7.54. The molecule has 0 radical (unpaired) electrons. The van der Waals surface area contributed by atoms with E-state index in [4.69, 9.17) is 5.11 Å². The van der Waals surface area contributed by atoms with Gasteiger partial charge in [0.2, 0.25) is 0 Å². The van der Waals surface area contributed by atoms with Crippen LogP contribution in [0.15, 0.2) is 11.6 Å². The van der Waals surface area contributed by atoms with Gasteiger partial charge in [-0.05, 0) is 61.2 Å². The molecule has 0 heterocycles. The predicted octanol–water partition coefficient (Wildman–Crippen LogP) is 3.39. The lowest BCUT2D eigenvalue weighted by atomic mass is 9.71. The lowest BCUT2D eigenvalue weighted by molar-refractivity contribution is 0.154. The van der Waals surface area contributed by atoms with E-state index in [9.17, 15) is 0 Å². The van der Waals surface area contributed by atoms with Crippen LogP contribution in [0.5, 0.6) is 0 Å². The summed E-state index contributed by atoms with van der Waals surface area (Å²) in [4.78, 5) is 0. The third kappa shape index (κ3) is 1.06. The Bertz CT molecular complexity index is 331. The molecule has 0 spiro atoms. The summed E-state index contributed by atoms with van der Waals surface area (Å²) in [6.45, 7) is 7.33. The van der Waals surface area contributed by atoms with Gasteiger partial charge >= 0.3 is 0 Å². The monoisotopic (exact) mass is 220 g/mol. The summed E-state index contributed by atoms with van der Waals surface area (Å²) in [6, 6.07) is 0. The van der Waals surface area contributed by atoms with Crippen molar-refractivity contribution >= 4 is 0 Å². The molecule has 16 heavy (non-hydrogen) atoms. The highest BCUT2D eigenvalue weighted by atomic mass is 16.3. The molecule has 4 saturated carbocycles. The van der Waals surface area contributed by atoms with Crippen molar-refractivity contribution in [3.63, 3.8) is 0 Å². The summed E-state index contributed by atoms with van der Waals surface area (Å²) in [5.41, 5.74) is 2.43. The Kier molecular flexibility index (Phi) is 2.12. The molecule has 0 aromatic rings. The summed E-state index contributed by atoms with van der Waals surface area (Å²) in [5, 5.41) is 8.99. The van der Waals surface area contributed by atoms with Crippen LogP contribution in [0.3, 0.4) is 0 Å². The van der Waals surface area contributed by atoms with Crippen molar-refractivity contribution in [2.45, 2.75) is 46.5 Å². The lowest BCUT2D eigenvalue weighted by Crippen LogP contribution is -2.26. The molecule has 4 fully saturated rings. The van der Waals surface area contributed by atoms with Gasteiger partial charge in [-0.3, -0.25) is 0 Å². The van der Waals surface area contributed by atoms with E-state index in [-0.39, 0.29) is 6.61 Å². The minimum atomic E-state index is 0.225. The van der Waals surface area contributed by atoms with Crippen molar-refractivity contribution in [2.75, 3.05) is 6.61 Å². The number of hydrogen-bond donors (Lipinski definition) is 1. The summed E-state index contributed by atoms with van der Waals surface area (Å²) >= 11 is 0. The Morgan fingerprint density at radius 3 is 2.38 bits per heavy atom. The number of allylic oxidation sites excluding steroid dienone is 1. The third-order valence-electron chi connectivity index (χ3n) is 6.53. The SMILES string of the molecule is C/C(=C\CC[C@@]1(C)C2CC3C(C2)C31C)CO. The first kappa shape index (κ1) is 10.8. The molecule has 3 atom stereocenters. The van der Waals surface area contributed by atoms with E-state index in [0.717, 1.165) is 29.7 Å². The van der Waals surface area contributed by atoms with Crippen molar-refractivity contribution in [3.05, 3.63) is 11.6 Å². The standard InChI is InChI=1S/C15H24O/c1-10(9-16)5-4-6-14(2)11-7-12-13(8-11)15(12,14)3/h5,11-13,16H,4,6-9H2,1-3H3/b10-5+/t11?,12?,13?,14-,15?/m0/s1. The molecule has 1 nitrogen and oxygen atoms in total. The Hall–Kier alpha value is -0.300. The first-order valence-corrected chi connectivity index (χ1v) is 6.80. The molecule has 0 saturated heterocycles. The van der Waals surface area contributed by atoms with Crippen LogP contribution in [0.2, 0.25) is 0 Å². The largest absolute Gasteiger partial charge is 0.392 e. The maximum Gasteiger partial charge on any atom is 0.0639 e. The van der Waals surface area contributed by atoms with Gasteiger partial charge in [0.25, 0.3) is 0 Å². The number of aliphatic hydroxyl groups excluding tert-OH is 1. The second-order valence-electron chi connectivity index (χ2n) is 6.83. The van der Waals surface area contributed by atoms with E-state index in [1.54, 1.807) is 0 Å². The van der Waals surface area contributed by atoms with Crippen LogP contribution >= 0.6 is 0 Å². The zero-order chi connectivity index (χ0) is 11.6. The lowest BCUT2D eigenvalue weighted by Gasteiger charge is -2.34. The topological polar surface area (TPSA) is 20.2 Å². The highest BCUT2D eigenvalue weighted by molar-refractivity contribution is 5.29. The summed E-state index contributed by atoms with van der Waals surface area (Å²) in [5.74, 6) is 3.16. The van der Waals surface area contributed by atoms with Crippen LogP contribution in [0.4, 0.5) is 0 Å². The van der Waals surface area contributed by atoms with Gasteiger partial charge in [-0.1, -0.05) is 25.5 Å². The van der Waals surface area contributed by atoms with Gasteiger partial charge in [0, 0.05) is 0 Å². The predicted molar refractivity (Wildman–Crippen MR) is 66.0 cm³/mol. The minimum Gasteiger partial charge on any atom is -0.392 e. The van der Waals surface area contributed by atoms with Crippen LogP contribution < -0.4 is 0 Å². The van der Waals surface area contributed by atoms with Gasteiger partial charge < -0.3 is 5.11 Å². The molecular formula is C15H24O. The van der Waals surface area contributed by atoms with Crippen molar-refractivity contribution < 1.29 is 5.11 Å². The average molecular weight is 220 g/mol. The minimum absolute atomic E-state index is 0.225. The molecule has 4 aliphatic carbocycles. The smallest absolute Gasteiger partial charge is 0.0639 e. The van der Waals surface area contributed by atoms with Crippen molar-refractivity contribution in [1.29, 1.82) is 0 Å². The molecule has 0 amide bonds. The molecule has 1 N–H and O–H groups in total. The normalized spacial score (nSPS) is 53.5. The molecule has 90 valence electrons. The Morgan fingerprint density at radius 1 is 1.31 bits per heavy atom. The molecule has 0 aliphatic heterocycles. The van der Waals surface area contributed by atoms with Crippen LogP contribution in [-0.4, -0.2) is 11.7 Å². The van der Waals surface area contributed by atoms with Crippen LogP contribution in [0, 0.1) is 28.6 Å². The second-order valence-corrected chi connectivity index (χ2v) is 6.83. The molecule has 4 aliphatic rings. The van der Waals surface area contributed by atoms with E-state index in [2.05, 4.69) is 19.9 Å². The van der Waals surface area contributed by atoms with E-state index in [1.807, 2.05) is 6.92 Å². The van der Waals surface area contributed by atoms with Gasteiger partial charge in [0.05, 0.1) is 6.61 Å². The third-order valence-corrected chi connectivity index (χ3v) is 6.53. The average Bonchev–Trinajstić information content (AvgIpc) is 2.62. The quantitative estimate of drug-likeness (QED) is 0.720. The summed E-state index contributed by atoms with van der Waals surface area (Å²) < 4.78 is 0. The second kappa shape index (κ2) is 3.13. The summed E-state index contributed by atoms with van der Waals surface area (Å²) in [6.07, 6.45) is 7.76. The maximum absolute atomic E-state index is 8.99. The van der Waals surface area contributed by atoms with Crippen molar-refractivity contribution in [3.8, 4) is 0 Å². The van der Waals surface area contributed by atoms with E-state index < -0.39 is 0 Å². The molecule has 1 heteroatoms. The Labute approximate surface area is 98.9 Å². The van der Waals surface area contributed by atoms with Gasteiger partial charge in [-0.25, -0.2) is 0 Å². The fourth-order valence-electron chi connectivity index (χ4n) is 5.19. The van der Waals surface area contributed by atoms with E-state index in [1.165, 1.54) is 19.3 Å². The van der Waals surface area contributed by atoms with Gasteiger partial charge in [0.15, 0.2) is 0 Å². The highest BCUT2D eigenvalue weighted by Crippen LogP contribution is 2.87. The van der Waals surface area contributed by atoms with Crippen molar-refractivity contribution in [2.24, 2.45) is 28.6 Å². The zero-order valence-corrected chi connectivity index (χ0v) is 10.8.